The van der Waals surface area contributed by atoms with E-state index in [-0.39, 0.29) is 5.78 Å². The Morgan fingerprint density at radius 2 is 1.50 bits per heavy atom. The molecule has 0 saturated carbocycles. The smallest absolute Gasteiger partial charge is 0.159 e. The number of rotatable bonds is 8. The first-order valence-corrected chi connectivity index (χ1v) is 7.64. The van der Waals surface area contributed by atoms with E-state index in [9.17, 15) is 4.79 Å². The fraction of sp³-hybridized carbons (Fsp3) is 0.438. The predicted octanol–water partition coefficient (Wildman–Crippen LogP) is 4.11. The molecule has 4 heteroatoms. The number of carbonyl (C=O) groups is 1. The second-order valence-electron chi connectivity index (χ2n) is 4.50. The standard InChI is InChI=1S/C16H21IO3/c1-12(18)13-4-6-14(7-5-13)15(8-10-19-2)16(17)9-11-20-3/h4-7H,8-11H2,1-3H3/b16-15-. The first-order chi connectivity index (χ1) is 9.60. The summed E-state index contributed by atoms with van der Waals surface area (Å²) in [5.74, 6) is 0.0908. The average molecular weight is 388 g/mol. The Morgan fingerprint density at radius 3 is 2.00 bits per heavy atom. The molecular weight excluding hydrogens is 367 g/mol. The van der Waals surface area contributed by atoms with Crippen molar-refractivity contribution in [2.24, 2.45) is 0 Å². The fourth-order valence-corrected chi connectivity index (χ4v) is 2.69. The molecule has 1 rings (SSSR count). The first kappa shape index (κ1) is 17.3. The van der Waals surface area contributed by atoms with E-state index in [4.69, 9.17) is 9.47 Å². The quantitative estimate of drug-likeness (QED) is 0.497. The molecule has 20 heavy (non-hydrogen) atoms. The van der Waals surface area contributed by atoms with Gasteiger partial charge in [0.25, 0.3) is 0 Å². The van der Waals surface area contributed by atoms with Gasteiger partial charge >= 0.3 is 0 Å². The molecule has 0 radical (unpaired) electrons. The molecule has 0 unspecified atom stereocenters. The van der Waals surface area contributed by atoms with Gasteiger partial charge in [-0.15, -0.1) is 0 Å². The Labute approximate surface area is 134 Å². The minimum Gasteiger partial charge on any atom is -0.384 e. The highest BCUT2D eigenvalue weighted by molar-refractivity contribution is 14.1. The van der Waals surface area contributed by atoms with Gasteiger partial charge in [-0.1, -0.05) is 24.3 Å². The molecule has 110 valence electrons. The van der Waals surface area contributed by atoms with Gasteiger partial charge in [-0.3, -0.25) is 4.79 Å². The van der Waals surface area contributed by atoms with Crippen LogP contribution < -0.4 is 0 Å². The van der Waals surface area contributed by atoms with Crippen molar-refractivity contribution in [1.29, 1.82) is 0 Å². The van der Waals surface area contributed by atoms with Crippen molar-refractivity contribution >= 4 is 33.9 Å². The van der Waals surface area contributed by atoms with Crippen molar-refractivity contribution in [3.63, 3.8) is 0 Å². The van der Waals surface area contributed by atoms with Crippen LogP contribution in [0.5, 0.6) is 0 Å². The Bertz CT molecular complexity index is 463. The number of hydrogen-bond donors (Lipinski definition) is 0. The molecule has 0 aliphatic heterocycles. The lowest BCUT2D eigenvalue weighted by atomic mass is 9.99. The van der Waals surface area contributed by atoms with E-state index in [2.05, 4.69) is 22.6 Å². The molecule has 1 aromatic rings. The zero-order chi connectivity index (χ0) is 15.0. The zero-order valence-corrected chi connectivity index (χ0v) is 14.4. The van der Waals surface area contributed by atoms with Gasteiger partial charge in [-0.25, -0.2) is 0 Å². The lowest BCUT2D eigenvalue weighted by Crippen LogP contribution is -1.98. The SMILES string of the molecule is COCC/C(I)=C(\CCOC)c1ccc(C(C)=O)cc1. The lowest BCUT2D eigenvalue weighted by Gasteiger charge is -2.12. The van der Waals surface area contributed by atoms with Crippen LogP contribution in [0.2, 0.25) is 0 Å². The molecule has 0 aliphatic carbocycles. The van der Waals surface area contributed by atoms with Gasteiger partial charge in [0.1, 0.15) is 0 Å². The Balaban J connectivity index is 3.00. The van der Waals surface area contributed by atoms with Crippen molar-refractivity contribution in [3.8, 4) is 0 Å². The summed E-state index contributed by atoms with van der Waals surface area (Å²) in [7, 11) is 3.42. The third-order valence-corrected chi connectivity index (χ3v) is 4.24. The largest absolute Gasteiger partial charge is 0.384 e. The summed E-state index contributed by atoms with van der Waals surface area (Å²) >= 11 is 2.37. The summed E-state index contributed by atoms with van der Waals surface area (Å²) in [4.78, 5) is 11.3. The number of ether oxygens (including phenoxy) is 2. The molecule has 3 nitrogen and oxygen atoms in total. The molecular formula is C16H21IO3. The van der Waals surface area contributed by atoms with Gasteiger partial charge in [-0.2, -0.15) is 0 Å². The number of Topliss-reactive ketones (excluding diaryl/α,β-unsaturated/α-hetero) is 1. The Kier molecular flexibility index (Phi) is 8.02. The number of ketones is 1. The molecule has 0 saturated heterocycles. The van der Waals surface area contributed by atoms with Gasteiger partial charge in [-0.05, 0) is 50.7 Å². The minimum atomic E-state index is 0.0908. The summed E-state index contributed by atoms with van der Waals surface area (Å²) in [5.41, 5.74) is 3.15. The van der Waals surface area contributed by atoms with Crippen molar-refractivity contribution < 1.29 is 14.3 Å². The summed E-state index contributed by atoms with van der Waals surface area (Å²) in [6.45, 7) is 2.97. The van der Waals surface area contributed by atoms with E-state index in [1.165, 1.54) is 9.15 Å². The normalized spacial score (nSPS) is 12.2. The average Bonchev–Trinajstić information content (AvgIpc) is 2.46. The third kappa shape index (κ3) is 5.34. The van der Waals surface area contributed by atoms with Crippen molar-refractivity contribution in [3.05, 3.63) is 39.0 Å². The van der Waals surface area contributed by atoms with Crippen LogP contribution in [0.3, 0.4) is 0 Å². The molecule has 0 N–H and O–H groups in total. The predicted molar refractivity (Wildman–Crippen MR) is 90.4 cm³/mol. The van der Waals surface area contributed by atoms with E-state index < -0.39 is 0 Å². The number of halogens is 1. The van der Waals surface area contributed by atoms with Crippen LogP contribution in [-0.4, -0.2) is 33.2 Å². The third-order valence-electron chi connectivity index (χ3n) is 3.05. The molecule has 0 heterocycles. The maximum atomic E-state index is 11.3. The van der Waals surface area contributed by atoms with E-state index in [0.29, 0.717) is 13.2 Å². The first-order valence-electron chi connectivity index (χ1n) is 6.57. The van der Waals surface area contributed by atoms with E-state index >= 15 is 0 Å². The number of methoxy groups -OCH3 is 2. The van der Waals surface area contributed by atoms with Crippen LogP contribution in [0.25, 0.3) is 5.57 Å². The molecule has 0 amide bonds. The zero-order valence-electron chi connectivity index (χ0n) is 12.2. The van der Waals surface area contributed by atoms with Crippen LogP contribution in [0.15, 0.2) is 27.8 Å². The Morgan fingerprint density at radius 1 is 1.00 bits per heavy atom. The Hall–Kier alpha value is -0.720. The molecule has 0 aliphatic rings. The highest BCUT2D eigenvalue weighted by Gasteiger charge is 2.08. The number of hydrogen-bond acceptors (Lipinski definition) is 3. The summed E-state index contributed by atoms with van der Waals surface area (Å²) < 4.78 is 11.6. The molecule has 0 bridgehead atoms. The monoisotopic (exact) mass is 388 g/mol. The van der Waals surface area contributed by atoms with E-state index in [1.54, 1.807) is 21.1 Å². The van der Waals surface area contributed by atoms with Gasteiger partial charge in [0.2, 0.25) is 0 Å². The number of carbonyl (C=O) groups excluding carboxylic acids is 1. The molecule has 0 spiro atoms. The van der Waals surface area contributed by atoms with Gasteiger partial charge in [0.15, 0.2) is 5.78 Å². The summed E-state index contributed by atoms with van der Waals surface area (Å²) in [5, 5.41) is 0. The van der Waals surface area contributed by atoms with Gasteiger partial charge < -0.3 is 9.47 Å². The van der Waals surface area contributed by atoms with Crippen LogP contribution in [0.4, 0.5) is 0 Å². The second-order valence-corrected chi connectivity index (χ2v) is 5.80. The van der Waals surface area contributed by atoms with Crippen molar-refractivity contribution in [2.75, 3.05) is 27.4 Å². The highest BCUT2D eigenvalue weighted by atomic mass is 127. The second kappa shape index (κ2) is 9.26. The van der Waals surface area contributed by atoms with Crippen LogP contribution in [0, 0.1) is 0 Å². The lowest BCUT2D eigenvalue weighted by molar-refractivity contribution is 0.101. The van der Waals surface area contributed by atoms with Crippen LogP contribution >= 0.6 is 22.6 Å². The van der Waals surface area contributed by atoms with Crippen molar-refractivity contribution in [2.45, 2.75) is 19.8 Å². The maximum absolute atomic E-state index is 11.3. The summed E-state index contributed by atoms with van der Waals surface area (Å²) in [6, 6.07) is 7.77. The maximum Gasteiger partial charge on any atom is 0.159 e. The molecule has 0 fully saturated rings. The van der Waals surface area contributed by atoms with Crippen LogP contribution in [0.1, 0.15) is 35.7 Å². The fourth-order valence-electron chi connectivity index (χ4n) is 1.89. The topological polar surface area (TPSA) is 35.5 Å². The van der Waals surface area contributed by atoms with Crippen molar-refractivity contribution in [1.82, 2.24) is 0 Å². The highest BCUT2D eigenvalue weighted by Crippen LogP contribution is 2.29. The molecule has 0 aromatic heterocycles. The molecule has 0 atom stereocenters. The number of benzene rings is 1. The molecule has 1 aromatic carbocycles. The van der Waals surface area contributed by atoms with Gasteiger partial charge in [0.05, 0.1) is 13.2 Å². The van der Waals surface area contributed by atoms with E-state index in [0.717, 1.165) is 24.0 Å². The van der Waals surface area contributed by atoms with Gasteiger partial charge in [0, 0.05) is 26.2 Å². The summed E-state index contributed by atoms with van der Waals surface area (Å²) in [6.07, 6.45) is 1.75. The van der Waals surface area contributed by atoms with Crippen LogP contribution in [-0.2, 0) is 9.47 Å². The minimum absolute atomic E-state index is 0.0908. The van der Waals surface area contributed by atoms with E-state index in [1.807, 2.05) is 24.3 Å².